The van der Waals surface area contributed by atoms with Crippen LogP contribution in [-0.2, 0) is 4.79 Å². The topological polar surface area (TPSA) is 51.0 Å². The van der Waals surface area contributed by atoms with Crippen molar-refractivity contribution in [1.29, 1.82) is 0 Å². The molecular weight excluding hydrogens is 332 g/mol. The molecule has 1 aromatic rings. The van der Waals surface area contributed by atoms with Gasteiger partial charge < -0.3 is 9.47 Å². The molecule has 0 unspecified atom stereocenters. The van der Waals surface area contributed by atoms with Gasteiger partial charge in [0.25, 0.3) is 0 Å². The molecular formula is C19H30N4OS. The largest absolute Gasteiger partial charge is 0.336 e. The van der Waals surface area contributed by atoms with Crippen LogP contribution in [-0.4, -0.2) is 43.4 Å². The number of hydrogen-bond acceptors (Lipinski definition) is 4. The summed E-state index contributed by atoms with van der Waals surface area (Å²) in [6, 6.07) is 1.53. The number of carbonyl (C=O) groups excluding carboxylic acids is 1. The Kier molecular flexibility index (Phi) is 5.63. The summed E-state index contributed by atoms with van der Waals surface area (Å²) in [4.78, 5) is 15.5. The first-order valence-electron chi connectivity index (χ1n) is 10.2. The predicted molar refractivity (Wildman–Crippen MR) is 99.6 cm³/mol. The van der Waals surface area contributed by atoms with Crippen LogP contribution in [0.2, 0.25) is 0 Å². The van der Waals surface area contributed by atoms with Crippen LogP contribution in [0.5, 0.6) is 0 Å². The summed E-state index contributed by atoms with van der Waals surface area (Å²) in [5, 5.41) is 9.21. The number of amides is 1. The number of hydrogen-bond donors (Lipinski definition) is 0. The smallest absolute Gasteiger partial charge is 0.233 e. The first-order chi connectivity index (χ1) is 12.3. The van der Waals surface area contributed by atoms with Gasteiger partial charge in [0, 0.05) is 18.1 Å². The Morgan fingerprint density at radius 3 is 2.16 bits per heavy atom. The summed E-state index contributed by atoms with van der Waals surface area (Å²) in [5.74, 6) is 0.840. The van der Waals surface area contributed by atoms with E-state index < -0.39 is 0 Å². The first kappa shape index (κ1) is 17.4. The third kappa shape index (κ3) is 4.21. The number of nitrogens with zero attached hydrogens (tertiary/aromatic N) is 4. The van der Waals surface area contributed by atoms with Crippen molar-refractivity contribution >= 4 is 17.7 Å². The third-order valence-electron chi connectivity index (χ3n) is 6.03. The molecule has 1 heterocycles. The molecule has 3 aliphatic rings. The van der Waals surface area contributed by atoms with Gasteiger partial charge in [-0.25, -0.2) is 0 Å². The van der Waals surface area contributed by atoms with Crippen LogP contribution in [0.1, 0.15) is 83.1 Å². The molecule has 0 atom stereocenters. The van der Waals surface area contributed by atoms with Gasteiger partial charge in [0.05, 0.1) is 5.75 Å². The van der Waals surface area contributed by atoms with E-state index in [9.17, 15) is 4.79 Å². The molecule has 6 heteroatoms. The molecule has 0 radical (unpaired) electrons. The van der Waals surface area contributed by atoms with Gasteiger partial charge in [-0.05, 0) is 38.5 Å². The summed E-state index contributed by atoms with van der Waals surface area (Å²) >= 11 is 1.58. The van der Waals surface area contributed by atoms with Gasteiger partial charge in [-0.3, -0.25) is 4.79 Å². The average molecular weight is 363 g/mol. The van der Waals surface area contributed by atoms with Crippen LogP contribution in [0.15, 0.2) is 11.5 Å². The van der Waals surface area contributed by atoms with Crippen LogP contribution in [0, 0.1) is 0 Å². The molecule has 3 fully saturated rings. The molecule has 4 rings (SSSR count). The lowest BCUT2D eigenvalue weighted by Gasteiger charge is -2.41. The summed E-state index contributed by atoms with van der Waals surface area (Å²) < 4.78 is 2.16. The van der Waals surface area contributed by atoms with E-state index in [2.05, 4.69) is 19.7 Å². The molecule has 0 bridgehead atoms. The van der Waals surface area contributed by atoms with E-state index in [1.807, 2.05) is 6.33 Å². The van der Waals surface area contributed by atoms with E-state index in [4.69, 9.17) is 0 Å². The second-order valence-corrected chi connectivity index (χ2v) is 8.87. The lowest BCUT2D eigenvalue weighted by molar-refractivity contribution is -0.135. The lowest BCUT2D eigenvalue weighted by atomic mass is 9.88. The zero-order valence-electron chi connectivity index (χ0n) is 15.1. The van der Waals surface area contributed by atoms with Crippen molar-refractivity contribution in [2.24, 2.45) is 0 Å². The van der Waals surface area contributed by atoms with Crippen molar-refractivity contribution in [2.45, 2.75) is 100 Å². The quantitative estimate of drug-likeness (QED) is 0.712. The fourth-order valence-electron chi connectivity index (χ4n) is 4.56. The zero-order valence-corrected chi connectivity index (χ0v) is 15.9. The third-order valence-corrected chi connectivity index (χ3v) is 6.97. The SMILES string of the molecule is O=C(CSc1nncn1C1CC1)N(C1CCCCC1)C1CCCCC1. The summed E-state index contributed by atoms with van der Waals surface area (Å²) in [7, 11) is 0. The highest BCUT2D eigenvalue weighted by Crippen LogP contribution is 2.37. The second kappa shape index (κ2) is 8.11. The molecule has 25 heavy (non-hydrogen) atoms. The predicted octanol–water partition coefficient (Wildman–Crippen LogP) is 4.20. The lowest BCUT2D eigenvalue weighted by Crippen LogP contribution is -2.49. The van der Waals surface area contributed by atoms with Gasteiger partial charge in [-0.2, -0.15) is 0 Å². The molecule has 0 N–H and O–H groups in total. The van der Waals surface area contributed by atoms with Gasteiger partial charge >= 0.3 is 0 Å². The second-order valence-electron chi connectivity index (χ2n) is 7.93. The van der Waals surface area contributed by atoms with E-state index in [0.717, 1.165) is 5.16 Å². The highest BCUT2D eigenvalue weighted by molar-refractivity contribution is 7.99. The minimum Gasteiger partial charge on any atom is -0.336 e. The van der Waals surface area contributed by atoms with E-state index in [0.29, 0.717) is 29.8 Å². The van der Waals surface area contributed by atoms with Gasteiger partial charge in [0.15, 0.2) is 5.16 Å². The summed E-state index contributed by atoms with van der Waals surface area (Å²) in [6.45, 7) is 0. The van der Waals surface area contributed by atoms with Crippen molar-refractivity contribution in [3.8, 4) is 0 Å². The molecule has 0 saturated heterocycles. The van der Waals surface area contributed by atoms with Crippen molar-refractivity contribution in [3.63, 3.8) is 0 Å². The number of rotatable bonds is 6. The molecule has 0 aromatic carbocycles. The molecule has 3 saturated carbocycles. The number of carbonyl (C=O) groups is 1. The van der Waals surface area contributed by atoms with E-state index >= 15 is 0 Å². The van der Waals surface area contributed by atoms with E-state index in [1.54, 1.807) is 11.8 Å². The Balaban J connectivity index is 1.41. The van der Waals surface area contributed by atoms with Crippen LogP contribution in [0.3, 0.4) is 0 Å². The Morgan fingerprint density at radius 2 is 1.60 bits per heavy atom. The molecule has 1 aromatic heterocycles. The maximum Gasteiger partial charge on any atom is 0.233 e. The normalized spacial score (nSPS) is 22.9. The fraction of sp³-hybridized carbons (Fsp3) is 0.842. The maximum atomic E-state index is 13.2. The molecule has 0 spiro atoms. The van der Waals surface area contributed by atoms with Gasteiger partial charge in [0.1, 0.15) is 6.33 Å². The van der Waals surface area contributed by atoms with Crippen LogP contribution < -0.4 is 0 Å². The van der Waals surface area contributed by atoms with Crippen LogP contribution >= 0.6 is 11.8 Å². The maximum absolute atomic E-state index is 13.2. The Hall–Kier alpha value is -1.04. The molecule has 5 nitrogen and oxygen atoms in total. The zero-order chi connectivity index (χ0) is 17.1. The Labute approximate surface area is 154 Å². The van der Waals surface area contributed by atoms with Crippen molar-refractivity contribution in [3.05, 3.63) is 6.33 Å². The number of thioether (sulfide) groups is 1. The summed E-state index contributed by atoms with van der Waals surface area (Å²) in [5.41, 5.74) is 0. The Morgan fingerprint density at radius 1 is 1.00 bits per heavy atom. The average Bonchev–Trinajstić information content (AvgIpc) is 3.40. The summed E-state index contributed by atoms with van der Waals surface area (Å²) in [6.07, 6.45) is 16.9. The van der Waals surface area contributed by atoms with Crippen molar-refractivity contribution in [1.82, 2.24) is 19.7 Å². The van der Waals surface area contributed by atoms with Crippen molar-refractivity contribution in [2.75, 3.05) is 5.75 Å². The molecule has 1 amide bonds. The number of aromatic nitrogens is 3. The minimum absolute atomic E-state index is 0.328. The van der Waals surface area contributed by atoms with Crippen LogP contribution in [0.25, 0.3) is 0 Å². The van der Waals surface area contributed by atoms with E-state index in [1.165, 1.54) is 77.0 Å². The molecule has 0 aliphatic heterocycles. The van der Waals surface area contributed by atoms with Gasteiger partial charge in [-0.1, -0.05) is 50.3 Å². The van der Waals surface area contributed by atoms with Gasteiger partial charge in [-0.15, -0.1) is 10.2 Å². The molecule has 3 aliphatic carbocycles. The highest BCUT2D eigenvalue weighted by atomic mass is 32.2. The fourth-order valence-corrected chi connectivity index (χ4v) is 5.41. The minimum atomic E-state index is 0.328. The van der Waals surface area contributed by atoms with Crippen LogP contribution in [0.4, 0.5) is 0 Å². The molecule has 138 valence electrons. The Bertz CT molecular complexity index is 556. The van der Waals surface area contributed by atoms with E-state index in [-0.39, 0.29) is 0 Å². The van der Waals surface area contributed by atoms with Crippen molar-refractivity contribution < 1.29 is 4.79 Å². The monoisotopic (exact) mass is 362 g/mol. The highest BCUT2D eigenvalue weighted by Gasteiger charge is 2.33. The van der Waals surface area contributed by atoms with Gasteiger partial charge in [0.2, 0.25) is 5.91 Å². The standard InChI is InChI=1S/C19H30N4OS/c24-18(13-25-19-21-20-14-22(19)15-11-12-15)23(16-7-3-1-4-8-16)17-9-5-2-6-10-17/h14-17H,1-13H2. The first-order valence-corrected chi connectivity index (χ1v) is 11.1.